The van der Waals surface area contributed by atoms with Crippen molar-refractivity contribution in [2.24, 2.45) is 4.99 Å². The molecule has 0 fully saturated rings. The van der Waals surface area contributed by atoms with Crippen molar-refractivity contribution in [1.82, 2.24) is 4.31 Å². The van der Waals surface area contributed by atoms with Crippen LogP contribution >= 0.6 is 11.3 Å². The number of sulfonamides is 1. The number of thiophene rings is 1. The Labute approximate surface area is 157 Å². The second kappa shape index (κ2) is 7.15. The molecular formula is C20H18N2O2S2. The van der Waals surface area contributed by atoms with E-state index in [0.717, 1.165) is 22.5 Å². The molecule has 0 bridgehead atoms. The van der Waals surface area contributed by atoms with Gasteiger partial charge in [0, 0.05) is 24.2 Å². The SMILES string of the molecule is O=S(=O)(c1ccc(N=Cc2cccs2)cc1)N1CCc2ccccc2C1. The Morgan fingerprint density at radius 1 is 0.962 bits per heavy atom. The summed E-state index contributed by atoms with van der Waals surface area (Å²) in [5, 5.41) is 1.99. The van der Waals surface area contributed by atoms with Gasteiger partial charge in [-0.2, -0.15) is 4.31 Å². The minimum absolute atomic E-state index is 0.312. The first-order valence-electron chi connectivity index (χ1n) is 8.37. The van der Waals surface area contributed by atoms with Crippen LogP contribution in [-0.4, -0.2) is 25.5 Å². The summed E-state index contributed by atoms with van der Waals surface area (Å²) < 4.78 is 27.4. The van der Waals surface area contributed by atoms with E-state index in [4.69, 9.17) is 0 Å². The number of hydrogen-bond donors (Lipinski definition) is 0. The molecule has 1 aliphatic heterocycles. The van der Waals surface area contributed by atoms with E-state index >= 15 is 0 Å². The Bertz CT molecular complexity index is 1020. The molecule has 6 heteroatoms. The molecule has 4 nitrogen and oxygen atoms in total. The minimum Gasteiger partial charge on any atom is -0.255 e. The molecule has 1 aliphatic rings. The molecule has 26 heavy (non-hydrogen) atoms. The van der Waals surface area contributed by atoms with E-state index in [2.05, 4.69) is 11.1 Å². The number of nitrogens with zero attached hydrogens (tertiary/aromatic N) is 2. The maximum Gasteiger partial charge on any atom is 0.243 e. The fourth-order valence-corrected chi connectivity index (χ4v) is 5.03. The summed E-state index contributed by atoms with van der Waals surface area (Å²) >= 11 is 1.61. The average Bonchev–Trinajstić information content (AvgIpc) is 3.20. The van der Waals surface area contributed by atoms with Crippen molar-refractivity contribution in [2.75, 3.05) is 6.54 Å². The van der Waals surface area contributed by atoms with Crippen molar-refractivity contribution in [3.63, 3.8) is 0 Å². The van der Waals surface area contributed by atoms with Gasteiger partial charge in [-0.15, -0.1) is 11.3 Å². The smallest absolute Gasteiger partial charge is 0.243 e. The van der Waals surface area contributed by atoms with E-state index in [0.29, 0.717) is 18.0 Å². The Kier molecular flexibility index (Phi) is 4.72. The van der Waals surface area contributed by atoms with Crippen LogP contribution in [0.25, 0.3) is 0 Å². The first-order valence-corrected chi connectivity index (χ1v) is 10.7. The number of fused-ring (bicyclic) bond motifs is 1. The third-order valence-electron chi connectivity index (χ3n) is 4.45. The minimum atomic E-state index is -3.50. The van der Waals surface area contributed by atoms with E-state index < -0.39 is 10.0 Å². The van der Waals surface area contributed by atoms with Crippen LogP contribution in [0.3, 0.4) is 0 Å². The molecule has 4 rings (SSSR count). The Hall–Kier alpha value is -2.28. The first kappa shape index (κ1) is 17.1. The molecule has 0 spiro atoms. The van der Waals surface area contributed by atoms with Crippen LogP contribution < -0.4 is 0 Å². The zero-order valence-electron chi connectivity index (χ0n) is 14.1. The molecule has 0 saturated carbocycles. The van der Waals surface area contributed by atoms with Crippen molar-refractivity contribution in [3.8, 4) is 0 Å². The number of benzene rings is 2. The zero-order valence-corrected chi connectivity index (χ0v) is 15.7. The van der Waals surface area contributed by atoms with Crippen LogP contribution in [0, 0.1) is 0 Å². The molecule has 3 aromatic rings. The van der Waals surface area contributed by atoms with Crippen LogP contribution in [0.15, 0.2) is 75.9 Å². The monoisotopic (exact) mass is 382 g/mol. The highest BCUT2D eigenvalue weighted by atomic mass is 32.2. The fourth-order valence-electron chi connectivity index (χ4n) is 3.03. The van der Waals surface area contributed by atoms with Gasteiger partial charge < -0.3 is 0 Å². The molecule has 0 radical (unpaired) electrons. The molecule has 0 unspecified atom stereocenters. The topological polar surface area (TPSA) is 49.7 Å². The number of rotatable bonds is 4. The van der Waals surface area contributed by atoms with Crippen LogP contribution in [0.4, 0.5) is 5.69 Å². The van der Waals surface area contributed by atoms with Crippen LogP contribution in [0.1, 0.15) is 16.0 Å². The molecule has 0 amide bonds. The van der Waals surface area contributed by atoms with Crippen LogP contribution in [0.2, 0.25) is 0 Å². The van der Waals surface area contributed by atoms with Gasteiger partial charge in [-0.25, -0.2) is 8.42 Å². The molecular weight excluding hydrogens is 364 g/mol. The van der Waals surface area contributed by atoms with E-state index in [1.807, 2.05) is 35.7 Å². The molecule has 1 aromatic heterocycles. The quantitative estimate of drug-likeness (QED) is 0.634. The molecule has 0 atom stereocenters. The summed E-state index contributed by atoms with van der Waals surface area (Å²) in [7, 11) is -3.50. The second-order valence-corrected chi connectivity index (χ2v) is 9.04. The van der Waals surface area contributed by atoms with Gasteiger partial charge in [0.1, 0.15) is 0 Å². The lowest BCUT2D eigenvalue weighted by Crippen LogP contribution is -2.35. The maximum atomic E-state index is 12.9. The van der Waals surface area contributed by atoms with Crippen molar-refractivity contribution in [2.45, 2.75) is 17.9 Å². The van der Waals surface area contributed by atoms with E-state index in [1.54, 1.807) is 46.1 Å². The zero-order chi connectivity index (χ0) is 18.0. The van der Waals surface area contributed by atoms with Gasteiger partial charge in [-0.1, -0.05) is 30.3 Å². The van der Waals surface area contributed by atoms with Gasteiger partial charge >= 0.3 is 0 Å². The van der Waals surface area contributed by atoms with Crippen molar-refractivity contribution >= 4 is 33.3 Å². The van der Waals surface area contributed by atoms with Gasteiger partial charge in [-0.05, 0) is 53.3 Å². The summed E-state index contributed by atoms with van der Waals surface area (Å²) in [6, 6.07) is 18.7. The maximum absolute atomic E-state index is 12.9. The van der Waals surface area contributed by atoms with Crippen LogP contribution in [-0.2, 0) is 23.0 Å². The molecule has 132 valence electrons. The molecule has 2 aromatic carbocycles. The third-order valence-corrected chi connectivity index (χ3v) is 7.12. The standard InChI is InChI=1S/C20H18N2O2S2/c23-26(24,22-12-11-16-4-1-2-5-17(16)15-22)20-9-7-18(8-10-20)21-14-19-6-3-13-25-19/h1-10,13-14H,11-12,15H2. The summed E-state index contributed by atoms with van der Waals surface area (Å²) in [4.78, 5) is 5.77. The third kappa shape index (κ3) is 3.49. The van der Waals surface area contributed by atoms with Gasteiger partial charge in [0.2, 0.25) is 10.0 Å². The number of aliphatic imine (C=N–C) groups is 1. The van der Waals surface area contributed by atoms with Crippen LogP contribution in [0.5, 0.6) is 0 Å². The van der Waals surface area contributed by atoms with E-state index in [9.17, 15) is 8.42 Å². The van der Waals surface area contributed by atoms with Gasteiger partial charge in [0.15, 0.2) is 0 Å². The fraction of sp³-hybridized carbons (Fsp3) is 0.150. The van der Waals surface area contributed by atoms with Gasteiger partial charge in [0.05, 0.1) is 10.6 Å². The molecule has 2 heterocycles. The van der Waals surface area contributed by atoms with E-state index in [1.165, 1.54) is 5.56 Å². The predicted molar refractivity (Wildman–Crippen MR) is 106 cm³/mol. The highest BCUT2D eigenvalue weighted by Crippen LogP contribution is 2.26. The normalized spacial score (nSPS) is 15.2. The summed E-state index contributed by atoms with van der Waals surface area (Å²) in [6.45, 7) is 0.939. The number of hydrogen-bond acceptors (Lipinski definition) is 4. The lowest BCUT2D eigenvalue weighted by Gasteiger charge is -2.28. The Morgan fingerprint density at radius 2 is 1.73 bits per heavy atom. The average molecular weight is 383 g/mol. The summed E-state index contributed by atoms with van der Waals surface area (Å²) in [5.74, 6) is 0. The highest BCUT2D eigenvalue weighted by Gasteiger charge is 2.27. The molecule has 0 saturated heterocycles. The summed E-state index contributed by atoms with van der Waals surface area (Å²) in [6.07, 6.45) is 2.54. The van der Waals surface area contributed by atoms with Gasteiger partial charge in [0.25, 0.3) is 0 Å². The molecule has 0 N–H and O–H groups in total. The second-order valence-electron chi connectivity index (χ2n) is 6.12. The van der Waals surface area contributed by atoms with Crippen molar-refractivity contribution < 1.29 is 8.42 Å². The Morgan fingerprint density at radius 3 is 2.46 bits per heavy atom. The lowest BCUT2D eigenvalue weighted by molar-refractivity contribution is 0.391. The Balaban J connectivity index is 1.53. The van der Waals surface area contributed by atoms with E-state index in [-0.39, 0.29) is 0 Å². The van der Waals surface area contributed by atoms with Crippen molar-refractivity contribution in [1.29, 1.82) is 0 Å². The summed E-state index contributed by atoms with van der Waals surface area (Å²) in [5.41, 5.74) is 3.05. The highest BCUT2D eigenvalue weighted by molar-refractivity contribution is 7.89. The van der Waals surface area contributed by atoms with Gasteiger partial charge in [-0.3, -0.25) is 4.99 Å². The first-order chi connectivity index (χ1) is 12.6. The predicted octanol–water partition coefficient (Wildman–Crippen LogP) is 4.25. The lowest BCUT2D eigenvalue weighted by atomic mass is 10.0. The largest absolute Gasteiger partial charge is 0.255 e. The molecule has 0 aliphatic carbocycles. The van der Waals surface area contributed by atoms with Crippen molar-refractivity contribution in [3.05, 3.63) is 82.0 Å².